The maximum absolute atomic E-state index is 2.52. The van der Waals surface area contributed by atoms with Gasteiger partial charge in [0.1, 0.15) is 0 Å². The van der Waals surface area contributed by atoms with Crippen LogP contribution in [0.1, 0.15) is 77.0 Å². The molecule has 2 aliphatic rings. The molecule has 0 aromatic heterocycles. The van der Waals surface area contributed by atoms with Crippen LogP contribution in [0.4, 0.5) is 0 Å². The molecule has 2 rings (SSSR count). The molecule has 17 heavy (non-hydrogen) atoms. The van der Waals surface area contributed by atoms with Crippen molar-refractivity contribution in [2.24, 2.45) is 0 Å². The standard InChI is InChI=1S/C16H26S/c1-3-7-11-15(12-8-4-1)17-16-13-9-5-2-6-10-14-16/h11,13H,1-10,12,14H2. The van der Waals surface area contributed by atoms with E-state index in [2.05, 4.69) is 23.9 Å². The number of rotatable bonds is 2. The van der Waals surface area contributed by atoms with Crippen molar-refractivity contribution in [2.75, 3.05) is 0 Å². The second kappa shape index (κ2) is 8.02. The summed E-state index contributed by atoms with van der Waals surface area (Å²) in [6.07, 6.45) is 21.7. The molecule has 0 aromatic rings. The number of hydrogen-bond donors (Lipinski definition) is 0. The molecule has 0 atom stereocenters. The molecule has 0 unspecified atom stereocenters. The minimum absolute atomic E-state index is 1.32. The predicted molar refractivity (Wildman–Crippen MR) is 79.2 cm³/mol. The Bertz CT molecular complexity index is 247. The van der Waals surface area contributed by atoms with Gasteiger partial charge in [-0.05, 0) is 61.2 Å². The zero-order valence-electron chi connectivity index (χ0n) is 11.0. The highest BCUT2D eigenvalue weighted by atomic mass is 32.2. The highest BCUT2D eigenvalue weighted by Gasteiger charge is 2.07. The van der Waals surface area contributed by atoms with Crippen LogP contribution in [0.15, 0.2) is 22.0 Å². The van der Waals surface area contributed by atoms with Crippen molar-refractivity contribution in [3.63, 3.8) is 0 Å². The second-order valence-corrected chi connectivity index (χ2v) is 6.60. The molecular formula is C16H26S. The average Bonchev–Trinajstić information content (AvgIpc) is 2.24. The summed E-state index contributed by atoms with van der Waals surface area (Å²) in [7, 11) is 0. The molecule has 96 valence electrons. The molecule has 0 saturated heterocycles. The van der Waals surface area contributed by atoms with Gasteiger partial charge in [-0.2, -0.15) is 0 Å². The van der Waals surface area contributed by atoms with Crippen molar-refractivity contribution < 1.29 is 0 Å². The molecule has 0 bridgehead atoms. The molecule has 0 radical (unpaired) electrons. The van der Waals surface area contributed by atoms with E-state index >= 15 is 0 Å². The summed E-state index contributed by atoms with van der Waals surface area (Å²) in [5.41, 5.74) is 0. The molecular weight excluding hydrogens is 224 g/mol. The lowest BCUT2D eigenvalue weighted by Crippen LogP contribution is -1.91. The zero-order chi connectivity index (χ0) is 11.8. The van der Waals surface area contributed by atoms with Gasteiger partial charge < -0.3 is 0 Å². The van der Waals surface area contributed by atoms with Crippen molar-refractivity contribution in [2.45, 2.75) is 77.0 Å². The number of thioether (sulfide) groups is 1. The van der Waals surface area contributed by atoms with E-state index in [1.165, 1.54) is 77.0 Å². The van der Waals surface area contributed by atoms with E-state index in [4.69, 9.17) is 0 Å². The second-order valence-electron chi connectivity index (χ2n) is 5.35. The van der Waals surface area contributed by atoms with Gasteiger partial charge in [-0.15, -0.1) is 0 Å². The van der Waals surface area contributed by atoms with Gasteiger partial charge >= 0.3 is 0 Å². The average molecular weight is 250 g/mol. The van der Waals surface area contributed by atoms with Crippen LogP contribution in [-0.4, -0.2) is 0 Å². The Morgan fingerprint density at radius 2 is 1.06 bits per heavy atom. The monoisotopic (exact) mass is 250 g/mol. The van der Waals surface area contributed by atoms with Crippen LogP contribution < -0.4 is 0 Å². The smallest absolute Gasteiger partial charge is 0.0146 e. The van der Waals surface area contributed by atoms with Gasteiger partial charge in [0.05, 0.1) is 0 Å². The number of allylic oxidation sites excluding steroid dienone is 4. The van der Waals surface area contributed by atoms with E-state index in [1.54, 1.807) is 9.81 Å². The van der Waals surface area contributed by atoms with E-state index < -0.39 is 0 Å². The Morgan fingerprint density at radius 1 is 0.588 bits per heavy atom. The third-order valence-electron chi connectivity index (χ3n) is 3.76. The predicted octanol–water partition coefficient (Wildman–Crippen LogP) is 6.20. The summed E-state index contributed by atoms with van der Waals surface area (Å²) in [6.45, 7) is 0. The van der Waals surface area contributed by atoms with Gasteiger partial charge in [0.2, 0.25) is 0 Å². The fraction of sp³-hybridized carbons (Fsp3) is 0.750. The van der Waals surface area contributed by atoms with Crippen LogP contribution in [0.25, 0.3) is 0 Å². The van der Waals surface area contributed by atoms with Crippen molar-refractivity contribution in [1.82, 2.24) is 0 Å². The molecule has 0 aromatic carbocycles. The van der Waals surface area contributed by atoms with Crippen LogP contribution in [-0.2, 0) is 0 Å². The van der Waals surface area contributed by atoms with Gasteiger partial charge in [-0.25, -0.2) is 0 Å². The maximum Gasteiger partial charge on any atom is -0.0146 e. The molecule has 0 N–H and O–H groups in total. The van der Waals surface area contributed by atoms with Crippen molar-refractivity contribution in [1.29, 1.82) is 0 Å². The lowest BCUT2D eigenvalue weighted by Gasteiger charge is -2.15. The quantitative estimate of drug-likeness (QED) is 0.562. The van der Waals surface area contributed by atoms with Crippen LogP contribution in [0.5, 0.6) is 0 Å². The summed E-state index contributed by atoms with van der Waals surface area (Å²) in [5, 5.41) is 0. The first-order valence-electron chi connectivity index (χ1n) is 7.51. The molecule has 0 aliphatic heterocycles. The first-order chi connectivity index (χ1) is 8.45. The Kier molecular flexibility index (Phi) is 6.26. The Balaban J connectivity index is 1.88. The molecule has 0 spiro atoms. The summed E-state index contributed by atoms with van der Waals surface area (Å²) < 4.78 is 0. The van der Waals surface area contributed by atoms with E-state index in [-0.39, 0.29) is 0 Å². The topological polar surface area (TPSA) is 0 Å². The minimum atomic E-state index is 1.32. The van der Waals surface area contributed by atoms with Gasteiger partial charge in [0, 0.05) is 0 Å². The molecule has 0 fully saturated rings. The highest BCUT2D eigenvalue weighted by molar-refractivity contribution is 8.06. The van der Waals surface area contributed by atoms with Gasteiger partial charge in [0.25, 0.3) is 0 Å². The van der Waals surface area contributed by atoms with E-state index in [0.29, 0.717) is 0 Å². The lowest BCUT2D eigenvalue weighted by atomic mass is 10.1. The summed E-state index contributed by atoms with van der Waals surface area (Å²) in [5.74, 6) is 0. The Labute approximate surface area is 111 Å². The third-order valence-corrected chi connectivity index (χ3v) is 5.03. The Hall–Kier alpha value is -0.170. The lowest BCUT2D eigenvalue weighted by molar-refractivity contribution is 0.632. The van der Waals surface area contributed by atoms with Gasteiger partial charge in [0.15, 0.2) is 0 Å². The van der Waals surface area contributed by atoms with Crippen molar-refractivity contribution >= 4 is 11.8 Å². The summed E-state index contributed by atoms with van der Waals surface area (Å²) in [4.78, 5) is 3.33. The van der Waals surface area contributed by atoms with E-state index in [1.807, 2.05) is 0 Å². The van der Waals surface area contributed by atoms with Crippen LogP contribution >= 0.6 is 11.8 Å². The molecule has 0 heterocycles. The first kappa shape index (κ1) is 13.3. The van der Waals surface area contributed by atoms with Crippen LogP contribution in [0.3, 0.4) is 0 Å². The van der Waals surface area contributed by atoms with E-state index in [0.717, 1.165) is 0 Å². The van der Waals surface area contributed by atoms with Crippen molar-refractivity contribution in [3.05, 3.63) is 22.0 Å². The third kappa shape index (κ3) is 5.33. The molecule has 1 heteroatoms. The molecule has 0 amide bonds. The first-order valence-corrected chi connectivity index (χ1v) is 8.33. The summed E-state index contributed by atoms with van der Waals surface area (Å²) in [6, 6.07) is 0. The van der Waals surface area contributed by atoms with Crippen LogP contribution in [0.2, 0.25) is 0 Å². The van der Waals surface area contributed by atoms with Gasteiger partial charge in [-0.1, -0.05) is 49.6 Å². The highest BCUT2D eigenvalue weighted by Crippen LogP contribution is 2.35. The fourth-order valence-electron chi connectivity index (χ4n) is 2.68. The minimum Gasteiger partial charge on any atom is -0.0997 e. The molecule has 2 aliphatic carbocycles. The summed E-state index contributed by atoms with van der Waals surface area (Å²) >= 11 is 2.11. The largest absolute Gasteiger partial charge is 0.0997 e. The maximum atomic E-state index is 2.52. The molecule has 0 saturated carbocycles. The molecule has 0 nitrogen and oxygen atoms in total. The number of hydrogen-bond acceptors (Lipinski definition) is 1. The zero-order valence-corrected chi connectivity index (χ0v) is 11.9. The Morgan fingerprint density at radius 3 is 1.59 bits per heavy atom. The van der Waals surface area contributed by atoms with E-state index in [9.17, 15) is 0 Å². The fourth-order valence-corrected chi connectivity index (χ4v) is 3.91. The SMILES string of the molecule is C1=C(SC2=CCCCCCC2)CCCCCC1. The van der Waals surface area contributed by atoms with Crippen LogP contribution in [0, 0.1) is 0 Å². The normalized spacial score (nSPS) is 23.8. The van der Waals surface area contributed by atoms with Crippen molar-refractivity contribution in [3.8, 4) is 0 Å². The van der Waals surface area contributed by atoms with Gasteiger partial charge in [-0.3, -0.25) is 0 Å².